The van der Waals surface area contributed by atoms with E-state index in [1.807, 2.05) is 0 Å². The average molecular weight is 315 g/mol. The van der Waals surface area contributed by atoms with Crippen molar-refractivity contribution >= 4 is 27.3 Å². The van der Waals surface area contributed by atoms with Gasteiger partial charge in [-0.2, -0.15) is 9.19 Å². The van der Waals surface area contributed by atoms with Crippen LogP contribution < -0.4 is 0 Å². The van der Waals surface area contributed by atoms with Crippen LogP contribution in [0.2, 0.25) is 0 Å². The number of nitrogens with zero attached hydrogens (tertiary/aromatic N) is 3. The molecule has 0 fully saturated rings. The highest BCUT2D eigenvalue weighted by atomic mass is 32.2. The lowest BCUT2D eigenvalue weighted by atomic mass is 10.3. The number of aryl methyl sites for hydroxylation is 1. The van der Waals surface area contributed by atoms with Gasteiger partial charge >= 0.3 is 5.97 Å². The zero-order chi connectivity index (χ0) is 14.9. The first-order valence-electron chi connectivity index (χ1n) is 5.74. The Kier molecular flexibility index (Phi) is 3.91. The fraction of sp³-hybridized carbons (Fsp3) is 0.364. The minimum absolute atomic E-state index is 0.111. The molecule has 0 aliphatic rings. The number of aromatic nitrogens is 3. The van der Waals surface area contributed by atoms with E-state index < -0.39 is 16.0 Å². The van der Waals surface area contributed by atoms with E-state index in [9.17, 15) is 13.2 Å². The fourth-order valence-electron chi connectivity index (χ4n) is 1.66. The van der Waals surface area contributed by atoms with Crippen LogP contribution in [-0.4, -0.2) is 41.4 Å². The smallest absolute Gasteiger partial charge is 0.358 e. The van der Waals surface area contributed by atoms with Crippen molar-refractivity contribution in [2.24, 2.45) is 0 Å². The molecule has 108 valence electrons. The van der Waals surface area contributed by atoms with Gasteiger partial charge in [0, 0.05) is 0 Å². The van der Waals surface area contributed by atoms with Crippen molar-refractivity contribution < 1.29 is 17.9 Å². The van der Waals surface area contributed by atoms with Crippen molar-refractivity contribution in [2.45, 2.75) is 13.8 Å². The zero-order valence-electron chi connectivity index (χ0n) is 11.2. The molecular formula is C11H13N3O4S2. The van der Waals surface area contributed by atoms with Gasteiger partial charge in [-0.15, -0.1) is 11.3 Å². The molecule has 0 spiro atoms. The van der Waals surface area contributed by atoms with E-state index in [4.69, 9.17) is 4.74 Å². The summed E-state index contributed by atoms with van der Waals surface area (Å²) in [7, 11) is -3.55. The number of hydrogen-bond donors (Lipinski definition) is 0. The SMILES string of the molecule is CCOC(=O)c1nc(C)sc1-c1ccnn1S(C)(=O)=O. The van der Waals surface area contributed by atoms with Crippen molar-refractivity contribution in [2.75, 3.05) is 12.9 Å². The maximum Gasteiger partial charge on any atom is 0.358 e. The van der Waals surface area contributed by atoms with Crippen LogP contribution in [0.1, 0.15) is 22.4 Å². The van der Waals surface area contributed by atoms with Crippen molar-refractivity contribution in [3.8, 4) is 10.6 Å². The summed E-state index contributed by atoms with van der Waals surface area (Å²) in [4.78, 5) is 16.4. The molecule has 0 saturated heterocycles. The lowest BCUT2D eigenvalue weighted by molar-refractivity contribution is 0.0521. The highest BCUT2D eigenvalue weighted by Gasteiger charge is 2.24. The molecular weight excluding hydrogens is 302 g/mol. The summed E-state index contributed by atoms with van der Waals surface area (Å²) in [5, 5.41) is 4.42. The van der Waals surface area contributed by atoms with E-state index >= 15 is 0 Å². The maximum absolute atomic E-state index is 11.9. The first-order valence-corrected chi connectivity index (χ1v) is 8.40. The average Bonchev–Trinajstić information content (AvgIpc) is 2.93. The Morgan fingerprint density at radius 3 is 2.80 bits per heavy atom. The molecule has 0 saturated carbocycles. The zero-order valence-corrected chi connectivity index (χ0v) is 12.8. The minimum atomic E-state index is -3.55. The standard InChI is InChI=1S/C11H13N3O4S2/c1-4-18-11(15)9-10(19-7(2)13-9)8-5-6-12-14(8)20(3,16)17/h5-6H,4H2,1-3H3. The van der Waals surface area contributed by atoms with Crippen LogP contribution in [0.3, 0.4) is 0 Å². The van der Waals surface area contributed by atoms with E-state index in [2.05, 4.69) is 10.1 Å². The lowest BCUT2D eigenvalue weighted by Gasteiger charge is -2.04. The van der Waals surface area contributed by atoms with Gasteiger partial charge in [-0.3, -0.25) is 0 Å². The number of carbonyl (C=O) groups excluding carboxylic acids is 1. The number of esters is 1. The van der Waals surface area contributed by atoms with E-state index in [1.54, 1.807) is 13.8 Å². The molecule has 7 nitrogen and oxygen atoms in total. The molecule has 2 aromatic heterocycles. The topological polar surface area (TPSA) is 91.2 Å². The Labute approximate surface area is 120 Å². The quantitative estimate of drug-likeness (QED) is 0.790. The molecule has 2 heterocycles. The fourth-order valence-corrected chi connectivity index (χ4v) is 3.37. The van der Waals surface area contributed by atoms with Crippen molar-refractivity contribution in [3.05, 3.63) is 23.0 Å². The number of carbonyl (C=O) groups is 1. The molecule has 0 amide bonds. The van der Waals surface area contributed by atoms with Gasteiger partial charge in [0.05, 0.1) is 34.6 Å². The van der Waals surface area contributed by atoms with Gasteiger partial charge in [0.2, 0.25) is 0 Å². The van der Waals surface area contributed by atoms with Gasteiger partial charge in [0.25, 0.3) is 10.0 Å². The second kappa shape index (κ2) is 5.33. The monoisotopic (exact) mass is 315 g/mol. The van der Waals surface area contributed by atoms with Gasteiger partial charge in [-0.25, -0.2) is 18.2 Å². The summed E-state index contributed by atoms with van der Waals surface area (Å²) < 4.78 is 29.1. The predicted molar refractivity (Wildman–Crippen MR) is 74.3 cm³/mol. The Hall–Kier alpha value is -1.74. The van der Waals surface area contributed by atoms with Crippen molar-refractivity contribution in [1.29, 1.82) is 0 Å². The Balaban J connectivity index is 2.60. The molecule has 2 aromatic rings. The largest absolute Gasteiger partial charge is 0.461 e. The Bertz CT molecular complexity index is 746. The third kappa shape index (κ3) is 2.73. The number of rotatable bonds is 4. The molecule has 0 radical (unpaired) electrons. The number of hydrogen-bond acceptors (Lipinski definition) is 7. The van der Waals surface area contributed by atoms with Crippen LogP contribution in [0, 0.1) is 6.92 Å². The molecule has 0 aliphatic carbocycles. The van der Waals surface area contributed by atoms with Crippen LogP contribution in [0.5, 0.6) is 0 Å². The molecule has 0 N–H and O–H groups in total. The highest BCUT2D eigenvalue weighted by molar-refractivity contribution is 7.89. The Morgan fingerprint density at radius 2 is 2.20 bits per heavy atom. The van der Waals surface area contributed by atoms with E-state index in [-0.39, 0.29) is 12.3 Å². The summed E-state index contributed by atoms with van der Waals surface area (Å²) >= 11 is 1.22. The van der Waals surface area contributed by atoms with Gasteiger partial charge in [-0.1, -0.05) is 0 Å². The second-order valence-electron chi connectivity index (χ2n) is 3.95. The molecule has 0 atom stereocenters. The summed E-state index contributed by atoms with van der Waals surface area (Å²) in [6.07, 6.45) is 2.40. The van der Waals surface area contributed by atoms with Crippen LogP contribution in [0.4, 0.5) is 0 Å². The second-order valence-corrected chi connectivity index (χ2v) is 6.97. The minimum Gasteiger partial charge on any atom is -0.461 e. The highest BCUT2D eigenvalue weighted by Crippen LogP contribution is 2.31. The lowest BCUT2D eigenvalue weighted by Crippen LogP contribution is -2.14. The number of ether oxygens (including phenoxy) is 1. The van der Waals surface area contributed by atoms with Gasteiger partial charge in [0.15, 0.2) is 5.69 Å². The molecule has 2 rings (SSSR count). The maximum atomic E-state index is 11.9. The molecule has 0 unspecified atom stereocenters. The first-order chi connectivity index (χ1) is 9.34. The molecule has 9 heteroatoms. The number of thiazole rings is 1. The van der Waals surface area contributed by atoms with Crippen molar-refractivity contribution in [3.63, 3.8) is 0 Å². The van der Waals surface area contributed by atoms with Crippen molar-refractivity contribution in [1.82, 2.24) is 14.2 Å². The van der Waals surface area contributed by atoms with E-state index in [1.165, 1.54) is 23.6 Å². The first kappa shape index (κ1) is 14.7. The third-order valence-electron chi connectivity index (χ3n) is 2.36. The van der Waals surface area contributed by atoms with Gasteiger partial charge in [-0.05, 0) is 19.9 Å². The predicted octanol–water partition coefficient (Wildman–Crippen LogP) is 1.30. The summed E-state index contributed by atoms with van der Waals surface area (Å²) in [5.41, 5.74) is 0.418. The van der Waals surface area contributed by atoms with Crippen LogP contribution in [0.15, 0.2) is 12.3 Å². The molecule has 0 aromatic carbocycles. The summed E-state index contributed by atoms with van der Waals surface area (Å²) in [5.74, 6) is -0.576. The normalized spacial score (nSPS) is 11.6. The van der Waals surface area contributed by atoms with Gasteiger partial charge < -0.3 is 4.74 Å². The summed E-state index contributed by atoms with van der Waals surface area (Å²) in [6, 6.07) is 1.52. The van der Waals surface area contributed by atoms with Crippen LogP contribution >= 0.6 is 11.3 Å². The van der Waals surface area contributed by atoms with E-state index in [0.29, 0.717) is 15.6 Å². The third-order valence-corrected chi connectivity index (χ3v) is 4.27. The van der Waals surface area contributed by atoms with Gasteiger partial charge in [0.1, 0.15) is 0 Å². The molecule has 0 bridgehead atoms. The van der Waals surface area contributed by atoms with Crippen LogP contribution in [-0.2, 0) is 14.8 Å². The Morgan fingerprint density at radius 1 is 1.50 bits per heavy atom. The molecule has 0 aliphatic heterocycles. The molecule has 20 heavy (non-hydrogen) atoms. The van der Waals surface area contributed by atoms with E-state index in [0.717, 1.165) is 10.3 Å². The van der Waals surface area contributed by atoms with Crippen LogP contribution in [0.25, 0.3) is 10.6 Å². The summed E-state index contributed by atoms with van der Waals surface area (Å²) in [6.45, 7) is 3.65.